The van der Waals surface area contributed by atoms with E-state index in [-0.39, 0.29) is 0 Å². The van der Waals surface area contributed by atoms with E-state index in [1.54, 1.807) is 0 Å². The van der Waals surface area contributed by atoms with Gasteiger partial charge in [0.05, 0.1) is 12.2 Å². The third kappa shape index (κ3) is 3.16. The molecule has 0 aliphatic rings. The maximum absolute atomic E-state index is 5.31. The Hall–Kier alpha value is -2.07. The Kier molecular flexibility index (Phi) is 4.06. The molecule has 0 radical (unpaired) electrons. The van der Waals surface area contributed by atoms with E-state index in [4.69, 9.17) is 4.52 Å². The second-order valence-electron chi connectivity index (χ2n) is 5.45. The van der Waals surface area contributed by atoms with Crippen LogP contribution in [-0.4, -0.2) is 16.3 Å². The monoisotopic (exact) mass is 283 g/mol. The zero-order valence-electron chi connectivity index (χ0n) is 12.6. The van der Waals surface area contributed by atoms with E-state index in [9.17, 15) is 0 Å². The summed E-state index contributed by atoms with van der Waals surface area (Å²) in [7, 11) is 0. The van der Waals surface area contributed by atoms with Gasteiger partial charge in [0.15, 0.2) is 5.76 Å². The molecular weight excluding hydrogens is 262 g/mol. The summed E-state index contributed by atoms with van der Waals surface area (Å²) in [5.74, 6) is 0.888. The Balaban J connectivity index is 1.83. The van der Waals surface area contributed by atoms with Gasteiger partial charge in [-0.15, -0.1) is 0 Å². The van der Waals surface area contributed by atoms with Crippen molar-refractivity contribution in [2.24, 2.45) is 0 Å². The molecule has 0 amide bonds. The highest BCUT2D eigenvalue weighted by Crippen LogP contribution is 2.19. The van der Waals surface area contributed by atoms with Crippen molar-refractivity contribution in [2.45, 2.75) is 33.4 Å². The van der Waals surface area contributed by atoms with E-state index in [1.807, 2.05) is 13.0 Å². The van der Waals surface area contributed by atoms with Crippen molar-refractivity contribution in [1.82, 2.24) is 15.0 Å². The van der Waals surface area contributed by atoms with E-state index in [2.05, 4.69) is 52.4 Å². The molecule has 0 spiro atoms. The lowest BCUT2D eigenvalue weighted by atomic mass is 10.1. The molecule has 21 heavy (non-hydrogen) atoms. The standard InChI is InChI=1S/C17H21N3O/c1-3-7-18-11-14-4-5-15-6-8-20(17(15)10-14)12-16-9-13(2)19-21-16/h4-6,8-10,18H,3,7,11-12H2,1-2H3. The third-order valence-corrected chi connectivity index (χ3v) is 3.60. The number of nitrogens with zero attached hydrogens (tertiary/aromatic N) is 2. The number of fused-ring (bicyclic) bond motifs is 1. The highest BCUT2D eigenvalue weighted by atomic mass is 16.5. The maximum Gasteiger partial charge on any atom is 0.156 e. The van der Waals surface area contributed by atoms with E-state index in [0.29, 0.717) is 0 Å². The van der Waals surface area contributed by atoms with Gasteiger partial charge in [0.1, 0.15) is 0 Å². The van der Waals surface area contributed by atoms with Crippen LogP contribution in [0.3, 0.4) is 0 Å². The molecule has 0 saturated carbocycles. The molecule has 0 atom stereocenters. The molecule has 0 bridgehead atoms. The van der Waals surface area contributed by atoms with Crippen LogP contribution in [0.25, 0.3) is 10.9 Å². The average Bonchev–Trinajstić information content (AvgIpc) is 3.07. The Morgan fingerprint density at radius 1 is 1.24 bits per heavy atom. The second-order valence-corrected chi connectivity index (χ2v) is 5.45. The summed E-state index contributed by atoms with van der Waals surface area (Å²) in [6.07, 6.45) is 3.26. The van der Waals surface area contributed by atoms with Crippen molar-refractivity contribution >= 4 is 10.9 Å². The third-order valence-electron chi connectivity index (χ3n) is 3.60. The summed E-state index contributed by atoms with van der Waals surface area (Å²) in [6.45, 7) is 6.81. The number of benzene rings is 1. The minimum atomic E-state index is 0.718. The molecule has 4 heteroatoms. The summed E-state index contributed by atoms with van der Waals surface area (Å²) >= 11 is 0. The quantitative estimate of drug-likeness (QED) is 0.704. The number of aromatic nitrogens is 2. The lowest BCUT2D eigenvalue weighted by Crippen LogP contribution is -2.13. The van der Waals surface area contributed by atoms with Crippen LogP contribution in [0.4, 0.5) is 0 Å². The molecule has 3 rings (SSSR count). The molecule has 3 aromatic rings. The molecule has 0 aliphatic carbocycles. The van der Waals surface area contributed by atoms with Gasteiger partial charge in [-0.3, -0.25) is 0 Å². The van der Waals surface area contributed by atoms with Crippen LogP contribution in [0.15, 0.2) is 41.1 Å². The summed E-state index contributed by atoms with van der Waals surface area (Å²) in [5.41, 5.74) is 3.47. The Morgan fingerprint density at radius 2 is 2.14 bits per heavy atom. The highest BCUT2D eigenvalue weighted by Gasteiger charge is 2.06. The van der Waals surface area contributed by atoms with Gasteiger partial charge in [0.25, 0.3) is 0 Å². The zero-order chi connectivity index (χ0) is 14.7. The minimum absolute atomic E-state index is 0.718. The van der Waals surface area contributed by atoms with Gasteiger partial charge in [0, 0.05) is 24.3 Å². The average molecular weight is 283 g/mol. The fourth-order valence-electron chi connectivity index (χ4n) is 2.55. The van der Waals surface area contributed by atoms with Crippen molar-refractivity contribution in [3.63, 3.8) is 0 Å². The number of hydrogen-bond donors (Lipinski definition) is 1. The summed E-state index contributed by atoms with van der Waals surface area (Å²) in [4.78, 5) is 0. The molecule has 110 valence electrons. The van der Waals surface area contributed by atoms with Crippen LogP contribution in [0.2, 0.25) is 0 Å². The minimum Gasteiger partial charge on any atom is -0.359 e. The van der Waals surface area contributed by atoms with E-state index >= 15 is 0 Å². The molecule has 0 unspecified atom stereocenters. The van der Waals surface area contributed by atoms with Gasteiger partial charge >= 0.3 is 0 Å². The highest BCUT2D eigenvalue weighted by molar-refractivity contribution is 5.80. The van der Waals surface area contributed by atoms with Gasteiger partial charge in [0.2, 0.25) is 0 Å². The van der Waals surface area contributed by atoms with Gasteiger partial charge < -0.3 is 14.4 Å². The largest absolute Gasteiger partial charge is 0.359 e. The number of hydrogen-bond acceptors (Lipinski definition) is 3. The normalized spacial score (nSPS) is 11.3. The predicted molar refractivity (Wildman–Crippen MR) is 84.3 cm³/mol. The van der Waals surface area contributed by atoms with Crippen molar-refractivity contribution < 1.29 is 4.52 Å². The first-order valence-electron chi connectivity index (χ1n) is 7.47. The Bertz CT molecular complexity index is 727. The van der Waals surface area contributed by atoms with Gasteiger partial charge in [-0.25, -0.2) is 0 Å². The SMILES string of the molecule is CCCNCc1ccc2ccn(Cc3cc(C)no3)c2c1. The number of nitrogens with one attached hydrogen (secondary N) is 1. The van der Waals surface area contributed by atoms with Gasteiger partial charge in [-0.1, -0.05) is 24.2 Å². The molecule has 1 N–H and O–H groups in total. The van der Waals surface area contributed by atoms with Crippen molar-refractivity contribution in [3.05, 3.63) is 53.5 Å². The first kappa shape index (κ1) is 13.9. The first-order valence-corrected chi connectivity index (χ1v) is 7.47. The zero-order valence-corrected chi connectivity index (χ0v) is 12.6. The Labute approximate surface area is 124 Å². The summed E-state index contributed by atoms with van der Waals surface area (Å²) < 4.78 is 7.52. The van der Waals surface area contributed by atoms with Crippen LogP contribution >= 0.6 is 0 Å². The molecule has 2 aromatic heterocycles. The van der Waals surface area contributed by atoms with Crippen LogP contribution in [0.1, 0.15) is 30.4 Å². The van der Waals surface area contributed by atoms with Crippen molar-refractivity contribution in [1.29, 1.82) is 0 Å². The molecule has 1 aromatic carbocycles. The molecular formula is C17H21N3O. The van der Waals surface area contributed by atoms with Crippen molar-refractivity contribution in [2.75, 3.05) is 6.54 Å². The van der Waals surface area contributed by atoms with E-state index in [0.717, 1.165) is 37.5 Å². The molecule has 0 fully saturated rings. The smallest absolute Gasteiger partial charge is 0.156 e. The van der Waals surface area contributed by atoms with E-state index < -0.39 is 0 Å². The number of rotatable bonds is 6. The fourth-order valence-corrected chi connectivity index (χ4v) is 2.55. The summed E-state index contributed by atoms with van der Waals surface area (Å²) in [6, 6.07) is 10.7. The second kappa shape index (κ2) is 6.14. The van der Waals surface area contributed by atoms with Crippen molar-refractivity contribution in [3.8, 4) is 0 Å². The lowest BCUT2D eigenvalue weighted by Gasteiger charge is -2.06. The Morgan fingerprint density at radius 3 is 2.90 bits per heavy atom. The predicted octanol–water partition coefficient (Wildman–Crippen LogP) is 3.49. The van der Waals surface area contributed by atoms with Crippen LogP contribution in [-0.2, 0) is 13.1 Å². The molecule has 0 aliphatic heterocycles. The fraction of sp³-hybridized carbons (Fsp3) is 0.353. The van der Waals surface area contributed by atoms with Gasteiger partial charge in [-0.2, -0.15) is 0 Å². The van der Waals surface area contributed by atoms with Crippen LogP contribution in [0.5, 0.6) is 0 Å². The van der Waals surface area contributed by atoms with Crippen LogP contribution < -0.4 is 5.32 Å². The first-order chi connectivity index (χ1) is 10.3. The topological polar surface area (TPSA) is 43.0 Å². The van der Waals surface area contributed by atoms with E-state index in [1.165, 1.54) is 16.5 Å². The van der Waals surface area contributed by atoms with Crippen LogP contribution in [0, 0.1) is 6.92 Å². The molecule has 0 saturated heterocycles. The molecule has 2 heterocycles. The maximum atomic E-state index is 5.31. The lowest BCUT2D eigenvalue weighted by molar-refractivity contribution is 0.374. The molecule has 4 nitrogen and oxygen atoms in total. The van der Waals surface area contributed by atoms with Gasteiger partial charge in [-0.05, 0) is 43.0 Å². The number of aryl methyl sites for hydroxylation is 1. The summed E-state index contributed by atoms with van der Waals surface area (Å²) in [5, 5.41) is 8.64.